The van der Waals surface area contributed by atoms with Gasteiger partial charge in [-0.15, -0.1) is 0 Å². The number of imidazole rings is 1. The van der Waals surface area contributed by atoms with E-state index in [1.165, 1.54) is 12.8 Å². The molecule has 2 aliphatic rings. The average Bonchev–Trinajstić information content (AvgIpc) is 3.30. The van der Waals surface area contributed by atoms with Crippen LogP contribution >= 0.6 is 0 Å². The number of carbonyl (C=O) groups excluding carboxylic acids is 1. The smallest absolute Gasteiger partial charge is 0.330 e. The number of nitrogens with zero attached hydrogens (tertiary/aromatic N) is 4. The van der Waals surface area contributed by atoms with Crippen LogP contribution in [0.4, 0.5) is 4.79 Å². The lowest BCUT2D eigenvalue weighted by Crippen LogP contribution is -2.43. The summed E-state index contributed by atoms with van der Waals surface area (Å²) >= 11 is 0. The van der Waals surface area contributed by atoms with Gasteiger partial charge in [-0.05, 0) is 31.4 Å². The van der Waals surface area contributed by atoms with Crippen LogP contribution in [0.2, 0.25) is 0 Å². The van der Waals surface area contributed by atoms with E-state index in [0.29, 0.717) is 24.8 Å². The molecule has 2 aromatic rings. The summed E-state index contributed by atoms with van der Waals surface area (Å²) in [7, 11) is 1.77. The minimum absolute atomic E-state index is 0.00523. The van der Waals surface area contributed by atoms with Crippen LogP contribution in [0.25, 0.3) is 11.2 Å². The summed E-state index contributed by atoms with van der Waals surface area (Å²) in [5, 5.41) is 3.13. The zero-order valence-corrected chi connectivity index (χ0v) is 13.9. The summed E-state index contributed by atoms with van der Waals surface area (Å²) in [6.07, 6.45) is 7.05. The molecule has 24 heavy (non-hydrogen) atoms. The summed E-state index contributed by atoms with van der Waals surface area (Å²) in [6.45, 7) is 1.24. The van der Waals surface area contributed by atoms with E-state index in [4.69, 9.17) is 0 Å². The van der Waals surface area contributed by atoms with Gasteiger partial charge in [-0.3, -0.25) is 9.13 Å². The molecule has 0 radical (unpaired) electrons. The Balaban J connectivity index is 1.54. The minimum Gasteiger partial charge on any atom is -0.335 e. The zero-order valence-electron chi connectivity index (χ0n) is 13.9. The summed E-state index contributed by atoms with van der Waals surface area (Å²) in [4.78, 5) is 31.2. The van der Waals surface area contributed by atoms with Crippen LogP contribution in [0.3, 0.4) is 0 Å². The third kappa shape index (κ3) is 2.48. The van der Waals surface area contributed by atoms with E-state index in [9.17, 15) is 9.59 Å². The van der Waals surface area contributed by atoms with Gasteiger partial charge in [0.15, 0.2) is 5.65 Å². The van der Waals surface area contributed by atoms with Crippen molar-refractivity contribution in [1.29, 1.82) is 0 Å². The number of rotatable bonds is 2. The Hall–Kier alpha value is -2.31. The summed E-state index contributed by atoms with van der Waals surface area (Å²) in [5.74, 6) is 0. The van der Waals surface area contributed by atoms with E-state index < -0.39 is 0 Å². The van der Waals surface area contributed by atoms with E-state index in [1.807, 2.05) is 17.0 Å². The molecule has 2 aromatic heterocycles. The number of urea groups is 1. The van der Waals surface area contributed by atoms with Crippen LogP contribution in [0.15, 0.2) is 23.1 Å². The number of pyridine rings is 1. The molecule has 7 nitrogen and oxygen atoms in total. The van der Waals surface area contributed by atoms with Crippen LogP contribution in [0.5, 0.6) is 0 Å². The molecule has 1 atom stereocenters. The number of hydrogen-bond donors (Lipinski definition) is 1. The Morgan fingerprint density at radius 3 is 2.88 bits per heavy atom. The number of hydrogen-bond acceptors (Lipinski definition) is 3. The second-order valence-electron chi connectivity index (χ2n) is 6.88. The second kappa shape index (κ2) is 5.96. The molecule has 3 heterocycles. The van der Waals surface area contributed by atoms with Gasteiger partial charge < -0.3 is 10.2 Å². The molecule has 1 aliphatic carbocycles. The third-order valence-corrected chi connectivity index (χ3v) is 5.35. The predicted octanol–water partition coefficient (Wildman–Crippen LogP) is 1.63. The first-order valence-corrected chi connectivity index (χ1v) is 8.72. The molecule has 1 saturated heterocycles. The molecular formula is C17H23N5O2. The Labute approximate surface area is 140 Å². The van der Waals surface area contributed by atoms with E-state index in [2.05, 4.69) is 10.3 Å². The fourth-order valence-electron chi connectivity index (χ4n) is 3.99. The number of nitrogens with one attached hydrogen (secondary N) is 1. The quantitative estimate of drug-likeness (QED) is 0.910. The van der Waals surface area contributed by atoms with Crippen molar-refractivity contribution in [3.05, 3.63) is 28.8 Å². The highest BCUT2D eigenvalue weighted by atomic mass is 16.2. The molecular weight excluding hydrogens is 306 g/mol. The van der Waals surface area contributed by atoms with Crippen LogP contribution < -0.4 is 11.0 Å². The van der Waals surface area contributed by atoms with E-state index in [1.54, 1.807) is 22.4 Å². The molecule has 0 bridgehead atoms. The minimum atomic E-state index is -0.0632. The number of carbonyl (C=O) groups is 1. The second-order valence-corrected chi connectivity index (χ2v) is 6.88. The van der Waals surface area contributed by atoms with Crippen molar-refractivity contribution in [3.8, 4) is 0 Å². The van der Waals surface area contributed by atoms with Gasteiger partial charge in [-0.1, -0.05) is 12.8 Å². The van der Waals surface area contributed by atoms with Crippen molar-refractivity contribution in [1.82, 2.24) is 24.3 Å². The average molecular weight is 329 g/mol. The van der Waals surface area contributed by atoms with Gasteiger partial charge in [-0.25, -0.2) is 14.6 Å². The maximum Gasteiger partial charge on any atom is 0.330 e. The number of aryl methyl sites for hydroxylation is 1. The summed E-state index contributed by atoms with van der Waals surface area (Å²) in [6, 6.07) is 4.05. The molecule has 7 heteroatoms. The van der Waals surface area contributed by atoms with Gasteiger partial charge in [0.2, 0.25) is 0 Å². The number of aromatic nitrogens is 3. The lowest BCUT2D eigenvalue weighted by Gasteiger charge is -2.20. The Morgan fingerprint density at radius 1 is 1.29 bits per heavy atom. The van der Waals surface area contributed by atoms with Crippen LogP contribution in [0.1, 0.15) is 38.1 Å². The van der Waals surface area contributed by atoms with E-state index in [-0.39, 0.29) is 17.8 Å². The monoisotopic (exact) mass is 329 g/mol. The summed E-state index contributed by atoms with van der Waals surface area (Å²) < 4.78 is 3.38. The lowest BCUT2D eigenvalue weighted by atomic mass is 10.2. The normalized spacial score (nSPS) is 21.7. The molecule has 1 N–H and O–H groups in total. The number of fused-ring (bicyclic) bond motifs is 1. The van der Waals surface area contributed by atoms with Gasteiger partial charge >= 0.3 is 11.7 Å². The SMILES string of the molecule is Cn1c(=O)n(C2CCN(C(=O)NC3CCCC3)C2)c2ncccc21. The molecule has 128 valence electrons. The van der Waals surface area contributed by atoms with Crippen molar-refractivity contribution in [3.63, 3.8) is 0 Å². The first kappa shape index (κ1) is 15.2. The van der Waals surface area contributed by atoms with Crippen molar-refractivity contribution in [2.75, 3.05) is 13.1 Å². The topological polar surface area (TPSA) is 72.2 Å². The maximum absolute atomic E-state index is 12.6. The fraction of sp³-hybridized carbons (Fsp3) is 0.588. The van der Waals surface area contributed by atoms with E-state index in [0.717, 1.165) is 24.8 Å². The van der Waals surface area contributed by atoms with Gasteiger partial charge in [0.1, 0.15) is 0 Å². The van der Waals surface area contributed by atoms with Crippen molar-refractivity contribution in [2.45, 2.75) is 44.2 Å². The Kier molecular flexibility index (Phi) is 3.78. The molecule has 4 rings (SSSR count). The van der Waals surface area contributed by atoms with Crippen LogP contribution in [0, 0.1) is 0 Å². The standard InChI is InChI=1S/C17H23N5O2/c1-20-14-7-4-9-18-15(14)22(17(20)24)13-8-10-21(11-13)16(23)19-12-5-2-3-6-12/h4,7,9,12-13H,2-3,5-6,8,10-11H2,1H3,(H,19,23). The Bertz CT molecular complexity index is 818. The van der Waals surface area contributed by atoms with Crippen molar-refractivity contribution in [2.24, 2.45) is 7.05 Å². The molecule has 1 aliphatic heterocycles. The highest BCUT2D eigenvalue weighted by Crippen LogP contribution is 2.24. The van der Waals surface area contributed by atoms with Crippen LogP contribution in [-0.2, 0) is 7.05 Å². The largest absolute Gasteiger partial charge is 0.335 e. The molecule has 2 fully saturated rings. The molecule has 2 amide bonds. The first-order valence-electron chi connectivity index (χ1n) is 8.72. The van der Waals surface area contributed by atoms with Crippen LogP contribution in [-0.4, -0.2) is 44.2 Å². The van der Waals surface area contributed by atoms with Gasteiger partial charge in [0.05, 0.1) is 11.6 Å². The van der Waals surface area contributed by atoms with E-state index >= 15 is 0 Å². The van der Waals surface area contributed by atoms with Crippen molar-refractivity contribution < 1.29 is 4.79 Å². The summed E-state index contributed by atoms with van der Waals surface area (Å²) in [5.41, 5.74) is 1.47. The van der Waals surface area contributed by atoms with Crippen molar-refractivity contribution >= 4 is 17.2 Å². The predicted molar refractivity (Wildman–Crippen MR) is 91.0 cm³/mol. The fourth-order valence-corrected chi connectivity index (χ4v) is 3.99. The van der Waals surface area contributed by atoms with Gasteiger partial charge in [0.25, 0.3) is 0 Å². The number of likely N-dealkylation sites (tertiary alicyclic amines) is 1. The maximum atomic E-state index is 12.6. The van der Waals surface area contributed by atoms with Gasteiger partial charge in [0, 0.05) is 32.4 Å². The van der Waals surface area contributed by atoms with Gasteiger partial charge in [-0.2, -0.15) is 0 Å². The third-order valence-electron chi connectivity index (χ3n) is 5.35. The highest BCUT2D eigenvalue weighted by molar-refractivity contribution is 5.75. The highest BCUT2D eigenvalue weighted by Gasteiger charge is 2.31. The number of amides is 2. The molecule has 0 spiro atoms. The molecule has 0 aromatic carbocycles. The molecule has 1 saturated carbocycles. The Morgan fingerprint density at radius 2 is 2.08 bits per heavy atom. The zero-order chi connectivity index (χ0) is 16.7. The molecule has 1 unspecified atom stereocenters. The lowest BCUT2D eigenvalue weighted by molar-refractivity contribution is 0.203. The first-order chi connectivity index (χ1) is 11.6.